The molecule has 1 aromatic rings. The number of carboxylic acid groups (broad SMARTS) is 1. The van der Waals surface area contributed by atoms with Crippen LogP contribution in [-0.2, 0) is 21.4 Å². The summed E-state index contributed by atoms with van der Waals surface area (Å²) in [6, 6.07) is 2.27. The minimum absolute atomic E-state index is 0.00700. The van der Waals surface area contributed by atoms with Crippen LogP contribution < -0.4 is 4.74 Å². The minimum Gasteiger partial charge on any atom is -0.483 e. The van der Waals surface area contributed by atoms with Crippen LogP contribution in [0, 0.1) is 28.6 Å². The Kier molecular flexibility index (Phi) is 21.7. The number of carbonyl (C=O) groups excluding carboxylic acids is 1. The number of aromatic nitrogens is 1. The molecule has 2 saturated carbocycles. The third-order valence-corrected chi connectivity index (χ3v) is 10.4. The topological polar surface area (TPSA) is 76.5 Å². The molecule has 290 valence electrons. The first-order chi connectivity index (χ1) is 23.1. The summed E-state index contributed by atoms with van der Waals surface area (Å²) in [7, 11) is 0. The lowest BCUT2D eigenvalue weighted by molar-refractivity contribution is -0.128. The number of fused-ring (bicyclic) bond motifs is 1. The molecule has 3 aliphatic rings. The monoisotopic (exact) mass is 700 g/mol. The highest BCUT2D eigenvalue weighted by molar-refractivity contribution is 5.86. The Balaban J connectivity index is 0.000000815. The first-order valence-corrected chi connectivity index (χ1v) is 20.0. The second-order valence-electron chi connectivity index (χ2n) is 18.6. The van der Waals surface area contributed by atoms with Crippen molar-refractivity contribution in [2.45, 2.75) is 205 Å². The lowest BCUT2D eigenvalue weighted by atomic mass is 9.72. The average molecular weight is 700 g/mol. The summed E-state index contributed by atoms with van der Waals surface area (Å²) in [4.78, 5) is 25.9. The van der Waals surface area contributed by atoms with Gasteiger partial charge in [-0.25, -0.2) is 0 Å². The molecule has 0 radical (unpaired) electrons. The average Bonchev–Trinajstić information content (AvgIpc) is 3.44. The minimum atomic E-state index is -0.362. The van der Waals surface area contributed by atoms with Crippen LogP contribution in [0.5, 0.6) is 5.75 Å². The number of carbonyl (C=O) groups is 2. The van der Waals surface area contributed by atoms with E-state index < -0.39 is 0 Å². The fourth-order valence-electron chi connectivity index (χ4n) is 6.73. The SMILES string of the molecule is C=C(C)C1CCC(C)CC1.CC(C)C(=O)C1Cc2nc(C3CCC(C)(C)CC3)cc(C(C)(C)C)c2O1.CCCC.CCCC(C)(C)C.O=CO. The number of hydrogen-bond donors (Lipinski definition) is 1. The first kappa shape index (κ1) is 47.8. The number of rotatable bonds is 6. The third kappa shape index (κ3) is 18.4. The third-order valence-electron chi connectivity index (χ3n) is 10.4. The summed E-state index contributed by atoms with van der Waals surface area (Å²) >= 11 is 0. The molecule has 50 heavy (non-hydrogen) atoms. The molecule has 0 bridgehead atoms. The zero-order valence-corrected chi connectivity index (χ0v) is 35.6. The van der Waals surface area contributed by atoms with E-state index in [-0.39, 0.29) is 29.7 Å². The molecule has 2 fully saturated rings. The molecule has 2 heterocycles. The van der Waals surface area contributed by atoms with Crippen LogP contribution in [0.15, 0.2) is 18.2 Å². The van der Waals surface area contributed by atoms with Gasteiger partial charge in [-0.1, -0.05) is 141 Å². The van der Waals surface area contributed by atoms with Gasteiger partial charge in [0.1, 0.15) is 5.75 Å². The number of hydrogen-bond acceptors (Lipinski definition) is 4. The van der Waals surface area contributed by atoms with E-state index in [4.69, 9.17) is 19.6 Å². The highest BCUT2D eigenvalue weighted by atomic mass is 16.5. The van der Waals surface area contributed by atoms with Crippen molar-refractivity contribution in [1.29, 1.82) is 0 Å². The Bertz CT molecular complexity index is 1120. The van der Waals surface area contributed by atoms with Gasteiger partial charge in [-0.2, -0.15) is 0 Å². The number of allylic oxidation sites excluding steroid dienone is 1. The molecule has 1 unspecified atom stereocenters. The fourth-order valence-corrected chi connectivity index (χ4v) is 6.73. The van der Waals surface area contributed by atoms with Crippen LogP contribution in [0.4, 0.5) is 0 Å². The van der Waals surface area contributed by atoms with E-state index in [1.807, 2.05) is 13.8 Å². The van der Waals surface area contributed by atoms with Crippen LogP contribution in [0.3, 0.4) is 0 Å². The summed E-state index contributed by atoms with van der Waals surface area (Å²) in [5.74, 6) is 3.40. The molecule has 1 aliphatic heterocycles. The van der Waals surface area contributed by atoms with Crippen molar-refractivity contribution in [3.63, 3.8) is 0 Å². The fraction of sp³-hybridized carbons (Fsp3) is 0.800. The van der Waals surface area contributed by atoms with Gasteiger partial charge in [0.05, 0.1) is 5.69 Å². The maximum absolute atomic E-state index is 12.5. The number of nitrogens with zero attached hydrogens (tertiary/aromatic N) is 1. The Hall–Kier alpha value is -2.17. The molecular formula is C45H81NO4. The molecule has 0 spiro atoms. The van der Waals surface area contributed by atoms with Crippen LogP contribution in [0.1, 0.15) is 204 Å². The summed E-state index contributed by atoms with van der Waals surface area (Å²) < 4.78 is 6.15. The van der Waals surface area contributed by atoms with Gasteiger partial charge in [-0.15, -0.1) is 0 Å². The zero-order valence-electron chi connectivity index (χ0n) is 35.6. The molecule has 0 saturated heterocycles. The Morgan fingerprint density at radius 2 is 1.48 bits per heavy atom. The summed E-state index contributed by atoms with van der Waals surface area (Å²) in [5, 5.41) is 6.89. The highest BCUT2D eigenvalue weighted by Gasteiger charge is 2.37. The standard InChI is InChI=1S/C23H35NO2.C10H18.C7H16.C4H10.CH2O2/c1-14(2)20(25)19-13-18-21(26-19)16(22(3,4)5)12-17(24-18)15-8-10-23(6,7)11-9-15;1-8(2)10-6-4-9(3)5-7-10;1-5-6-7(2,3)4;1-3-4-2;2-1-3/h12,14-15,19H,8-11,13H2,1-7H3;9-10H,1,4-7H2,2-3H3;5-6H2,1-4H3;3-4H2,1-2H3;1H,(H,2,3). The van der Waals surface area contributed by atoms with E-state index in [0.717, 1.165) is 23.3 Å². The van der Waals surface area contributed by atoms with Crippen LogP contribution in [0.2, 0.25) is 0 Å². The maximum Gasteiger partial charge on any atom is 0.290 e. The molecule has 1 aromatic heterocycles. The first-order valence-electron chi connectivity index (χ1n) is 20.0. The van der Waals surface area contributed by atoms with Crippen molar-refractivity contribution in [1.82, 2.24) is 4.98 Å². The highest BCUT2D eigenvalue weighted by Crippen LogP contribution is 2.45. The van der Waals surface area contributed by atoms with Crippen LogP contribution in [-0.4, -0.2) is 28.4 Å². The lowest BCUT2D eigenvalue weighted by Gasteiger charge is -2.34. The molecule has 5 nitrogen and oxygen atoms in total. The van der Waals surface area contributed by atoms with Gasteiger partial charge in [-0.05, 0) is 86.0 Å². The second kappa shape index (κ2) is 22.7. The summed E-state index contributed by atoms with van der Waals surface area (Å²) in [5.41, 5.74) is 5.80. The summed E-state index contributed by atoms with van der Waals surface area (Å²) in [6.45, 7) is 37.0. The number of pyridine rings is 1. The van der Waals surface area contributed by atoms with E-state index in [1.54, 1.807) is 0 Å². The van der Waals surface area contributed by atoms with Crippen molar-refractivity contribution < 1.29 is 19.4 Å². The Labute approximate surface area is 310 Å². The molecule has 1 N–H and O–H groups in total. The van der Waals surface area contributed by atoms with Crippen molar-refractivity contribution >= 4 is 12.3 Å². The summed E-state index contributed by atoms with van der Waals surface area (Å²) in [6.07, 6.45) is 16.1. The largest absolute Gasteiger partial charge is 0.483 e. The zero-order chi connectivity index (χ0) is 38.9. The molecule has 1 atom stereocenters. The van der Waals surface area contributed by atoms with Crippen molar-refractivity contribution in [2.75, 3.05) is 0 Å². The van der Waals surface area contributed by atoms with Gasteiger partial charge in [0, 0.05) is 29.5 Å². The Morgan fingerprint density at radius 1 is 0.980 bits per heavy atom. The maximum atomic E-state index is 12.5. The van der Waals surface area contributed by atoms with Gasteiger partial charge in [0.2, 0.25) is 0 Å². The van der Waals surface area contributed by atoms with E-state index in [1.165, 1.54) is 93.9 Å². The van der Waals surface area contributed by atoms with Crippen molar-refractivity contribution in [3.8, 4) is 5.75 Å². The van der Waals surface area contributed by atoms with E-state index in [2.05, 4.69) is 103 Å². The number of unbranched alkanes of at least 4 members (excludes halogenated alkanes) is 1. The van der Waals surface area contributed by atoms with Crippen molar-refractivity contribution in [2.24, 2.45) is 28.6 Å². The predicted molar refractivity (Wildman–Crippen MR) is 215 cm³/mol. The van der Waals surface area contributed by atoms with E-state index in [9.17, 15) is 4.79 Å². The quantitative estimate of drug-likeness (QED) is 0.236. The van der Waals surface area contributed by atoms with E-state index >= 15 is 0 Å². The number of ether oxygens (including phenoxy) is 1. The molecule has 4 rings (SSSR count). The van der Waals surface area contributed by atoms with Crippen LogP contribution in [0.25, 0.3) is 0 Å². The number of ketones is 1. The molecule has 0 amide bonds. The normalized spacial score (nSPS) is 21.2. The van der Waals surface area contributed by atoms with Gasteiger partial charge in [0.15, 0.2) is 11.9 Å². The van der Waals surface area contributed by atoms with Crippen LogP contribution >= 0.6 is 0 Å². The van der Waals surface area contributed by atoms with Crippen molar-refractivity contribution in [3.05, 3.63) is 35.2 Å². The predicted octanol–water partition coefficient (Wildman–Crippen LogP) is 13.3. The van der Waals surface area contributed by atoms with Gasteiger partial charge < -0.3 is 9.84 Å². The number of Topliss-reactive ketones (excluding diaryl/α,β-unsaturated/α-hetero) is 1. The van der Waals surface area contributed by atoms with Gasteiger partial charge in [0.25, 0.3) is 6.47 Å². The van der Waals surface area contributed by atoms with E-state index in [0.29, 0.717) is 23.2 Å². The van der Waals surface area contributed by atoms with Gasteiger partial charge >= 0.3 is 0 Å². The molecular weight excluding hydrogens is 618 g/mol. The Morgan fingerprint density at radius 3 is 1.84 bits per heavy atom. The molecule has 2 aliphatic carbocycles. The molecule has 5 heteroatoms. The second-order valence-corrected chi connectivity index (χ2v) is 18.6. The smallest absolute Gasteiger partial charge is 0.290 e. The lowest BCUT2D eigenvalue weighted by Crippen LogP contribution is -2.29. The van der Waals surface area contributed by atoms with Gasteiger partial charge in [-0.3, -0.25) is 14.6 Å². The molecule has 0 aromatic carbocycles.